The van der Waals surface area contributed by atoms with Crippen LogP contribution in [0.2, 0.25) is 0 Å². The SMILES string of the molecule is Cc1ccc(S(=O)(=O)N(CCCO)CCNCc2cccc(CN)n2)cc1. The van der Waals surface area contributed by atoms with Crippen LogP contribution in [0.15, 0.2) is 47.4 Å². The Labute approximate surface area is 161 Å². The van der Waals surface area contributed by atoms with Crippen molar-refractivity contribution in [3.05, 3.63) is 59.4 Å². The van der Waals surface area contributed by atoms with E-state index in [1.54, 1.807) is 24.3 Å². The molecule has 0 fully saturated rings. The summed E-state index contributed by atoms with van der Waals surface area (Å²) in [7, 11) is -3.60. The van der Waals surface area contributed by atoms with Crippen LogP contribution in [-0.4, -0.2) is 49.1 Å². The van der Waals surface area contributed by atoms with E-state index in [-0.39, 0.29) is 18.0 Å². The van der Waals surface area contributed by atoms with Gasteiger partial charge in [-0.1, -0.05) is 23.8 Å². The van der Waals surface area contributed by atoms with Gasteiger partial charge in [0.25, 0.3) is 0 Å². The first-order valence-corrected chi connectivity index (χ1v) is 10.4. The number of nitrogens with one attached hydrogen (secondary N) is 1. The Balaban J connectivity index is 1.98. The molecule has 7 nitrogen and oxygen atoms in total. The molecule has 148 valence electrons. The van der Waals surface area contributed by atoms with Gasteiger partial charge in [0.15, 0.2) is 0 Å². The zero-order chi connectivity index (χ0) is 19.7. The van der Waals surface area contributed by atoms with Crippen LogP contribution in [-0.2, 0) is 23.1 Å². The lowest BCUT2D eigenvalue weighted by molar-refractivity contribution is 0.269. The van der Waals surface area contributed by atoms with Gasteiger partial charge in [0, 0.05) is 39.3 Å². The van der Waals surface area contributed by atoms with Crippen molar-refractivity contribution < 1.29 is 13.5 Å². The third-order valence-electron chi connectivity index (χ3n) is 4.14. The molecule has 0 radical (unpaired) electrons. The Morgan fingerprint density at radius 1 is 1.11 bits per heavy atom. The van der Waals surface area contributed by atoms with Gasteiger partial charge in [-0.3, -0.25) is 4.98 Å². The van der Waals surface area contributed by atoms with Gasteiger partial charge >= 0.3 is 0 Å². The van der Waals surface area contributed by atoms with Crippen LogP contribution in [0.25, 0.3) is 0 Å². The molecule has 8 heteroatoms. The molecule has 0 aliphatic rings. The maximum Gasteiger partial charge on any atom is 0.243 e. The molecule has 0 unspecified atom stereocenters. The summed E-state index contributed by atoms with van der Waals surface area (Å²) in [5.74, 6) is 0. The molecule has 0 aliphatic heterocycles. The number of rotatable bonds is 11. The summed E-state index contributed by atoms with van der Waals surface area (Å²) >= 11 is 0. The maximum atomic E-state index is 12.9. The Kier molecular flexibility index (Phi) is 8.33. The fourth-order valence-electron chi connectivity index (χ4n) is 2.62. The van der Waals surface area contributed by atoms with Crippen LogP contribution in [0.1, 0.15) is 23.4 Å². The lowest BCUT2D eigenvalue weighted by Crippen LogP contribution is -2.37. The molecule has 1 heterocycles. The lowest BCUT2D eigenvalue weighted by Gasteiger charge is -2.22. The van der Waals surface area contributed by atoms with Crippen molar-refractivity contribution in [2.75, 3.05) is 26.2 Å². The number of hydrogen-bond acceptors (Lipinski definition) is 6. The molecule has 0 atom stereocenters. The number of nitrogens with zero attached hydrogens (tertiary/aromatic N) is 2. The molecule has 0 bridgehead atoms. The Hall–Kier alpha value is -1.84. The van der Waals surface area contributed by atoms with Crippen LogP contribution < -0.4 is 11.1 Å². The van der Waals surface area contributed by atoms with E-state index in [4.69, 9.17) is 10.8 Å². The van der Waals surface area contributed by atoms with E-state index in [1.165, 1.54) is 4.31 Å². The number of nitrogens with two attached hydrogens (primary N) is 1. The average Bonchev–Trinajstić information content (AvgIpc) is 2.67. The normalized spacial score (nSPS) is 11.9. The minimum Gasteiger partial charge on any atom is -0.396 e. The average molecular weight is 393 g/mol. The van der Waals surface area contributed by atoms with Crippen LogP contribution in [0.5, 0.6) is 0 Å². The molecule has 4 N–H and O–H groups in total. The summed E-state index contributed by atoms with van der Waals surface area (Å²) in [4.78, 5) is 4.68. The van der Waals surface area contributed by atoms with E-state index in [9.17, 15) is 8.42 Å². The predicted octanol–water partition coefficient (Wildman–Crippen LogP) is 1.01. The number of aliphatic hydroxyl groups is 1. The highest BCUT2D eigenvalue weighted by molar-refractivity contribution is 7.89. The Bertz CT molecular complexity index is 810. The van der Waals surface area contributed by atoms with Crippen molar-refractivity contribution in [2.45, 2.75) is 31.3 Å². The third-order valence-corrected chi connectivity index (χ3v) is 6.05. The Morgan fingerprint density at radius 3 is 2.48 bits per heavy atom. The molecule has 2 rings (SSSR count). The van der Waals surface area contributed by atoms with Crippen LogP contribution in [0, 0.1) is 6.92 Å². The molecule has 1 aromatic carbocycles. The fourth-order valence-corrected chi connectivity index (χ4v) is 4.10. The maximum absolute atomic E-state index is 12.9. The molecule has 0 saturated heterocycles. The number of pyridine rings is 1. The van der Waals surface area contributed by atoms with Gasteiger partial charge in [-0.15, -0.1) is 0 Å². The number of aryl methyl sites for hydroxylation is 1. The van der Waals surface area contributed by atoms with Crippen LogP contribution >= 0.6 is 0 Å². The van der Waals surface area contributed by atoms with Crippen LogP contribution in [0.3, 0.4) is 0 Å². The van der Waals surface area contributed by atoms with E-state index in [2.05, 4.69) is 10.3 Å². The zero-order valence-corrected chi connectivity index (χ0v) is 16.5. The van der Waals surface area contributed by atoms with Crippen molar-refractivity contribution in [2.24, 2.45) is 5.73 Å². The van der Waals surface area contributed by atoms with Crippen molar-refractivity contribution in [3.63, 3.8) is 0 Å². The first-order valence-electron chi connectivity index (χ1n) is 9.00. The fraction of sp³-hybridized carbons (Fsp3) is 0.421. The number of sulfonamides is 1. The molecule has 0 saturated carbocycles. The van der Waals surface area contributed by atoms with Gasteiger partial charge in [0.2, 0.25) is 10.0 Å². The van der Waals surface area contributed by atoms with Gasteiger partial charge in [-0.2, -0.15) is 4.31 Å². The van der Waals surface area contributed by atoms with Gasteiger partial charge in [-0.05, 0) is 37.6 Å². The van der Waals surface area contributed by atoms with Crippen molar-refractivity contribution in [1.29, 1.82) is 0 Å². The molecule has 0 amide bonds. The molecule has 0 aliphatic carbocycles. The molecular weight excluding hydrogens is 364 g/mol. The smallest absolute Gasteiger partial charge is 0.243 e. The van der Waals surface area contributed by atoms with E-state index in [0.29, 0.717) is 32.6 Å². The topological polar surface area (TPSA) is 109 Å². The monoisotopic (exact) mass is 392 g/mol. The van der Waals surface area contributed by atoms with Gasteiger partial charge in [0.05, 0.1) is 16.3 Å². The second-order valence-electron chi connectivity index (χ2n) is 6.30. The van der Waals surface area contributed by atoms with E-state index < -0.39 is 10.0 Å². The lowest BCUT2D eigenvalue weighted by atomic mass is 10.2. The van der Waals surface area contributed by atoms with Crippen molar-refractivity contribution >= 4 is 10.0 Å². The van der Waals surface area contributed by atoms with Gasteiger partial charge in [-0.25, -0.2) is 8.42 Å². The minimum atomic E-state index is -3.60. The van der Waals surface area contributed by atoms with Crippen molar-refractivity contribution in [3.8, 4) is 0 Å². The molecule has 0 spiro atoms. The Morgan fingerprint density at radius 2 is 1.81 bits per heavy atom. The first-order chi connectivity index (χ1) is 13.0. The first kappa shape index (κ1) is 21.5. The highest BCUT2D eigenvalue weighted by Crippen LogP contribution is 2.16. The summed E-state index contributed by atoms with van der Waals surface area (Å²) in [6, 6.07) is 12.5. The highest BCUT2D eigenvalue weighted by atomic mass is 32.2. The molecule has 2 aromatic rings. The highest BCUT2D eigenvalue weighted by Gasteiger charge is 2.23. The summed E-state index contributed by atoms with van der Waals surface area (Å²) in [6.45, 7) is 3.84. The molecule has 27 heavy (non-hydrogen) atoms. The number of hydrogen-bond donors (Lipinski definition) is 3. The summed E-state index contributed by atoms with van der Waals surface area (Å²) in [6.07, 6.45) is 0.394. The predicted molar refractivity (Wildman–Crippen MR) is 105 cm³/mol. The van der Waals surface area contributed by atoms with E-state index >= 15 is 0 Å². The largest absolute Gasteiger partial charge is 0.396 e. The number of aromatic nitrogens is 1. The van der Waals surface area contributed by atoms with Gasteiger partial charge in [0.1, 0.15) is 0 Å². The summed E-state index contributed by atoms with van der Waals surface area (Å²) in [5.41, 5.74) is 8.28. The molecular formula is C19H28N4O3S. The van der Waals surface area contributed by atoms with E-state index in [1.807, 2.05) is 25.1 Å². The summed E-state index contributed by atoms with van der Waals surface area (Å²) in [5, 5.41) is 12.3. The van der Waals surface area contributed by atoms with Gasteiger partial charge < -0.3 is 16.2 Å². The second-order valence-corrected chi connectivity index (χ2v) is 8.23. The summed E-state index contributed by atoms with van der Waals surface area (Å²) < 4.78 is 27.2. The number of benzene rings is 1. The van der Waals surface area contributed by atoms with E-state index in [0.717, 1.165) is 17.0 Å². The third kappa shape index (κ3) is 6.37. The molecule has 1 aromatic heterocycles. The van der Waals surface area contributed by atoms with Crippen molar-refractivity contribution in [1.82, 2.24) is 14.6 Å². The second kappa shape index (κ2) is 10.5. The number of aliphatic hydroxyl groups excluding tert-OH is 1. The zero-order valence-electron chi connectivity index (χ0n) is 15.6. The quantitative estimate of drug-likeness (QED) is 0.493. The minimum absolute atomic E-state index is 0.0524. The van der Waals surface area contributed by atoms with Crippen LogP contribution in [0.4, 0.5) is 0 Å². The standard InChI is InChI=1S/C19H28N4O3S/c1-16-6-8-19(9-7-16)27(25,26)23(11-3-13-24)12-10-21-15-18-5-2-4-17(14-20)22-18/h2,4-9,21,24H,3,10-15,20H2,1H3.